The number of sulfonamides is 1. The summed E-state index contributed by atoms with van der Waals surface area (Å²) in [5.74, 6) is 0.0195. The van der Waals surface area contributed by atoms with Gasteiger partial charge in [-0.25, -0.2) is 8.42 Å². The molecule has 5 heteroatoms. The molecule has 0 aliphatic carbocycles. The summed E-state index contributed by atoms with van der Waals surface area (Å²) in [6.45, 7) is 2.39. The zero-order valence-corrected chi connectivity index (χ0v) is 14.2. The number of benzene rings is 2. The topological polar surface area (TPSA) is 46.6 Å². The highest BCUT2D eigenvalue weighted by Gasteiger charge is 2.32. The number of hydrogen-bond donors (Lipinski definition) is 0. The van der Waals surface area contributed by atoms with Crippen LogP contribution in [0, 0.1) is 6.92 Å². The van der Waals surface area contributed by atoms with Crippen LogP contribution in [0.5, 0.6) is 0 Å². The lowest BCUT2D eigenvalue weighted by Crippen LogP contribution is -2.37. The molecule has 0 amide bonds. The summed E-state index contributed by atoms with van der Waals surface area (Å²) in [5.41, 5.74) is 3.52. The smallest absolute Gasteiger partial charge is 0.239 e. The Bertz CT molecular complexity index is 801. The molecule has 23 heavy (non-hydrogen) atoms. The van der Waals surface area contributed by atoms with Gasteiger partial charge in [0, 0.05) is 19.2 Å². The second-order valence-electron chi connectivity index (χ2n) is 5.83. The Morgan fingerprint density at radius 1 is 1.13 bits per heavy atom. The lowest BCUT2D eigenvalue weighted by molar-refractivity contribution is 0.0951. The number of aryl methyl sites for hydroxylation is 1. The van der Waals surface area contributed by atoms with Crippen LogP contribution in [-0.2, 0) is 20.5 Å². The van der Waals surface area contributed by atoms with Gasteiger partial charge in [-0.3, -0.25) is 4.31 Å². The fraction of sp³-hybridized carbons (Fsp3) is 0.333. The number of rotatable bonds is 4. The number of para-hydroxylation sites is 1. The Morgan fingerprint density at radius 3 is 2.57 bits per heavy atom. The van der Waals surface area contributed by atoms with Crippen molar-refractivity contribution in [3.05, 3.63) is 65.2 Å². The van der Waals surface area contributed by atoms with E-state index < -0.39 is 10.0 Å². The molecular weight excluding hydrogens is 310 g/mol. The van der Waals surface area contributed by atoms with E-state index in [4.69, 9.17) is 4.74 Å². The molecule has 0 fully saturated rings. The summed E-state index contributed by atoms with van der Waals surface area (Å²) < 4.78 is 32.9. The summed E-state index contributed by atoms with van der Waals surface area (Å²) in [6, 6.07) is 15.2. The molecule has 1 aliphatic rings. The molecule has 122 valence electrons. The monoisotopic (exact) mass is 331 g/mol. The van der Waals surface area contributed by atoms with Crippen LogP contribution >= 0.6 is 0 Å². The van der Waals surface area contributed by atoms with Crippen LogP contribution in [0.4, 0.5) is 5.69 Å². The zero-order valence-electron chi connectivity index (χ0n) is 13.4. The van der Waals surface area contributed by atoms with Gasteiger partial charge in [-0.05, 0) is 30.5 Å². The van der Waals surface area contributed by atoms with E-state index in [1.165, 1.54) is 4.31 Å². The number of anilines is 1. The molecule has 1 aliphatic heterocycles. The number of nitrogens with zero attached hydrogens (tertiary/aromatic N) is 1. The van der Waals surface area contributed by atoms with Gasteiger partial charge in [0.15, 0.2) is 0 Å². The predicted octanol–water partition coefficient (Wildman–Crippen LogP) is 3.42. The first-order valence-corrected chi connectivity index (χ1v) is 9.30. The van der Waals surface area contributed by atoms with Gasteiger partial charge < -0.3 is 4.74 Å². The van der Waals surface area contributed by atoms with E-state index in [1.54, 1.807) is 7.11 Å². The molecule has 0 bridgehead atoms. The first kappa shape index (κ1) is 16.0. The maximum atomic E-state index is 13.0. The van der Waals surface area contributed by atoms with Crippen molar-refractivity contribution < 1.29 is 13.2 Å². The number of hydrogen-bond acceptors (Lipinski definition) is 3. The van der Waals surface area contributed by atoms with E-state index in [1.807, 2.05) is 55.5 Å². The molecule has 2 aromatic carbocycles. The van der Waals surface area contributed by atoms with Gasteiger partial charge in [0.2, 0.25) is 10.0 Å². The van der Waals surface area contributed by atoms with Gasteiger partial charge >= 0.3 is 0 Å². The predicted molar refractivity (Wildman–Crippen MR) is 92.0 cm³/mol. The quantitative estimate of drug-likeness (QED) is 0.862. The molecule has 1 heterocycles. The third-order valence-corrected chi connectivity index (χ3v) is 6.09. The molecule has 0 aromatic heterocycles. The van der Waals surface area contributed by atoms with E-state index in [2.05, 4.69) is 0 Å². The molecule has 0 radical (unpaired) electrons. The second kappa shape index (κ2) is 6.34. The largest absolute Gasteiger partial charge is 0.377 e. The van der Waals surface area contributed by atoms with E-state index in [-0.39, 0.29) is 11.9 Å². The van der Waals surface area contributed by atoms with Crippen molar-refractivity contribution in [2.45, 2.75) is 25.2 Å². The number of fused-ring (bicyclic) bond motifs is 1. The SMILES string of the molecule is COC1CCN(S(=O)(=O)Cc2ccccc2C)c2ccccc21. The third kappa shape index (κ3) is 3.12. The second-order valence-corrected chi connectivity index (χ2v) is 7.72. The van der Waals surface area contributed by atoms with Crippen LogP contribution in [-0.4, -0.2) is 22.1 Å². The first-order valence-electron chi connectivity index (χ1n) is 7.69. The van der Waals surface area contributed by atoms with Gasteiger partial charge in [0.05, 0.1) is 17.5 Å². The molecule has 3 rings (SSSR count). The lowest BCUT2D eigenvalue weighted by Gasteiger charge is -2.34. The molecule has 1 unspecified atom stereocenters. The molecule has 0 saturated heterocycles. The molecule has 1 atom stereocenters. The van der Waals surface area contributed by atoms with E-state index in [0.717, 1.165) is 22.4 Å². The highest BCUT2D eigenvalue weighted by Crippen LogP contribution is 2.37. The van der Waals surface area contributed by atoms with Crippen molar-refractivity contribution in [1.82, 2.24) is 0 Å². The van der Waals surface area contributed by atoms with Crippen LogP contribution in [0.2, 0.25) is 0 Å². The van der Waals surface area contributed by atoms with Crippen molar-refractivity contribution in [2.24, 2.45) is 0 Å². The molecule has 0 N–H and O–H groups in total. The van der Waals surface area contributed by atoms with Gasteiger partial charge in [-0.1, -0.05) is 42.5 Å². The Labute approximate surface area is 137 Å². The molecule has 2 aromatic rings. The minimum atomic E-state index is -3.43. The van der Waals surface area contributed by atoms with Crippen molar-refractivity contribution in [1.29, 1.82) is 0 Å². The van der Waals surface area contributed by atoms with E-state index in [0.29, 0.717) is 13.0 Å². The minimum Gasteiger partial charge on any atom is -0.377 e. The summed E-state index contributed by atoms with van der Waals surface area (Å²) in [5, 5.41) is 0. The Hall–Kier alpha value is -1.85. The van der Waals surface area contributed by atoms with Gasteiger partial charge in [0.25, 0.3) is 0 Å². The average molecular weight is 331 g/mol. The van der Waals surface area contributed by atoms with Crippen LogP contribution in [0.1, 0.15) is 29.2 Å². The van der Waals surface area contributed by atoms with Crippen molar-refractivity contribution in [3.8, 4) is 0 Å². The number of methoxy groups -OCH3 is 1. The van der Waals surface area contributed by atoms with Crippen LogP contribution in [0.3, 0.4) is 0 Å². The molecule has 0 spiro atoms. The van der Waals surface area contributed by atoms with Crippen LogP contribution < -0.4 is 4.31 Å². The Morgan fingerprint density at radius 2 is 1.83 bits per heavy atom. The fourth-order valence-electron chi connectivity index (χ4n) is 3.08. The highest BCUT2D eigenvalue weighted by atomic mass is 32.2. The normalized spacial score (nSPS) is 17.8. The molecule has 0 saturated carbocycles. The van der Waals surface area contributed by atoms with Gasteiger partial charge in [0.1, 0.15) is 0 Å². The Balaban J connectivity index is 1.96. The van der Waals surface area contributed by atoms with Gasteiger partial charge in [-0.2, -0.15) is 0 Å². The highest BCUT2D eigenvalue weighted by molar-refractivity contribution is 7.92. The zero-order chi connectivity index (χ0) is 16.4. The summed E-state index contributed by atoms with van der Waals surface area (Å²) in [4.78, 5) is 0. The maximum Gasteiger partial charge on any atom is 0.239 e. The van der Waals surface area contributed by atoms with E-state index >= 15 is 0 Å². The minimum absolute atomic E-state index is 0.0195. The lowest BCUT2D eigenvalue weighted by atomic mass is 10.0. The molecular formula is C18H21NO3S. The van der Waals surface area contributed by atoms with Gasteiger partial charge in [-0.15, -0.1) is 0 Å². The fourth-order valence-corrected chi connectivity index (χ4v) is 4.80. The molecule has 4 nitrogen and oxygen atoms in total. The van der Waals surface area contributed by atoms with Crippen LogP contribution in [0.15, 0.2) is 48.5 Å². The van der Waals surface area contributed by atoms with E-state index in [9.17, 15) is 8.42 Å². The Kier molecular flexibility index (Phi) is 4.41. The standard InChI is InChI=1S/C18H21NO3S/c1-14-7-3-4-8-15(14)13-23(20,21)19-12-11-18(22-2)16-9-5-6-10-17(16)19/h3-10,18H,11-13H2,1-2H3. The maximum absolute atomic E-state index is 13.0. The van der Waals surface area contributed by atoms with Crippen molar-refractivity contribution >= 4 is 15.7 Å². The van der Waals surface area contributed by atoms with Crippen molar-refractivity contribution in [3.63, 3.8) is 0 Å². The third-order valence-electron chi connectivity index (χ3n) is 4.37. The number of ether oxygens (including phenoxy) is 1. The average Bonchev–Trinajstić information content (AvgIpc) is 2.55. The summed E-state index contributed by atoms with van der Waals surface area (Å²) in [6.07, 6.45) is 0.622. The summed E-state index contributed by atoms with van der Waals surface area (Å²) in [7, 11) is -1.76. The first-order chi connectivity index (χ1) is 11.0. The van der Waals surface area contributed by atoms with Crippen molar-refractivity contribution in [2.75, 3.05) is 18.0 Å². The van der Waals surface area contributed by atoms with Crippen LogP contribution in [0.25, 0.3) is 0 Å². The summed E-state index contributed by atoms with van der Waals surface area (Å²) >= 11 is 0.